The molecule has 0 aliphatic carbocycles. The molecule has 1 fully saturated rings. The zero-order valence-electron chi connectivity index (χ0n) is 16.8. The first kappa shape index (κ1) is 22.4. The fourth-order valence-corrected chi connectivity index (χ4v) is 3.73. The van der Waals surface area contributed by atoms with Crippen LogP contribution in [0.15, 0.2) is 42.5 Å². The summed E-state index contributed by atoms with van der Waals surface area (Å²) < 4.78 is 5.51. The predicted molar refractivity (Wildman–Crippen MR) is 118 cm³/mol. The van der Waals surface area contributed by atoms with Gasteiger partial charge in [0.2, 0.25) is 5.91 Å². The van der Waals surface area contributed by atoms with E-state index in [1.54, 1.807) is 30.3 Å². The maximum absolute atomic E-state index is 13.2. The molecule has 0 bridgehead atoms. The van der Waals surface area contributed by atoms with Crippen LogP contribution < -0.4 is 20.7 Å². The topological polar surface area (TPSA) is 79.5 Å². The maximum Gasteiger partial charge on any atom is 0.252 e. The average molecular weight is 450 g/mol. The summed E-state index contributed by atoms with van der Waals surface area (Å²) in [5.41, 5.74) is 0.352. The highest BCUT2D eigenvalue weighted by Crippen LogP contribution is 2.26. The lowest BCUT2D eigenvalue weighted by Gasteiger charge is -2.37. The van der Waals surface area contributed by atoms with Gasteiger partial charge in [0, 0.05) is 17.1 Å². The van der Waals surface area contributed by atoms with Crippen molar-refractivity contribution in [2.75, 3.05) is 19.7 Å². The number of ether oxygens (including phenoxy) is 1. The van der Waals surface area contributed by atoms with E-state index in [2.05, 4.69) is 16.0 Å². The van der Waals surface area contributed by atoms with Crippen molar-refractivity contribution in [2.24, 2.45) is 0 Å². The fourth-order valence-electron chi connectivity index (χ4n) is 3.43. The largest absolute Gasteiger partial charge is 0.492 e. The molecule has 0 spiro atoms. The molecule has 8 heteroatoms. The van der Waals surface area contributed by atoms with E-state index in [1.807, 2.05) is 19.1 Å². The molecular formula is C22H25Cl2N3O3. The summed E-state index contributed by atoms with van der Waals surface area (Å²) in [5.74, 6) is 0.0756. The minimum absolute atomic E-state index is 0.209. The van der Waals surface area contributed by atoms with E-state index >= 15 is 0 Å². The minimum atomic E-state index is -0.975. The molecule has 1 aliphatic rings. The van der Waals surface area contributed by atoms with Gasteiger partial charge in [0.25, 0.3) is 5.91 Å². The molecule has 0 atom stereocenters. The van der Waals surface area contributed by atoms with E-state index in [1.165, 1.54) is 0 Å². The first-order valence-electron chi connectivity index (χ1n) is 9.92. The Morgan fingerprint density at radius 2 is 1.80 bits per heavy atom. The van der Waals surface area contributed by atoms with Gasteiger partial charge in [0.15, 0.2) is 0 Å². The van der Waals surface area contributed by atoms with Crippen LogP contribution in [0.25, 0.3) is 0 Å². The van der Waals surface area contributed by atoms with E-state index in [0.29, 0.717) is 60.4 Å². The Hall–Kier alpha value is -2.28. The molecule has 3 rings (SSSR count). The number of hydrogen-bond acceptors (Lipinski definition) is 4. The Kier molecular flexibility index (Phi) is 7.58. The number of hydrogen-bond donors (Lipinski definition) is 3. The highest BCUT2D eigenvalue weighted by molar-refractivity contribution is 6.32. The minimum Gasteiger partial charge on any atom is -0.492 e. The molecule has 1 saturated heterocycles. The lowest BCUT2D eigenvalue weighted by Crippen LogP contribution is -2.62. The van der Waals surface area contributed by atoms with Crippen molar-refractivity contribution in [3.8, 4) is 5.75 Å². The maximum atomic E-state index is 13.2. The van der Waals surface area contributed by atoms with Crippen LogP contribution >= 0.6 is 23.2 Å². The third-order valence-electron chi connectivity index (χ3n) is 5.10. The molecular weight excluding hydrogens is 425 g/mol. The third-order valence-corrected chi connectivity index (χ3v) is 5.66. The summed E-state index contributed by atoms with van der Waals surface area (Å²) in [6, 6.07) is 12.0. The second-order valence-electron chi connectivity index (χ2n) is 7.17. The Morgan fingerprint density at radius 3 is 2.47 bits per heavy atom. The van der Waals surface area contributed by atoms with Crippen LogP contribution in [0.1, 0.15) is 35.7 Å². The van der Waals surface area contributed by atoms with Crippen molar-refractivity contribution in [3.05, 3.63) is 63.6 Å². The third kappa shape index (κ3) is 5.45. The van der Waals surface area contributed by atoms with Crippen molar-refractivity contribution >= 4 is 35.0 Å². The van der Waals surface area contributed by atoms with Gasteiger partial charge in [-0.05, 0) is 74.8 Å². The smallest absolute Gasteiger partial charge is 0.252 e. The molecule has 0 saturated carbocycles. The van der Waals surface area contributed by atoms with Gasteiger partial charge in [-0.1, -0.05) is 29.3 Å². The van der Waals surface area contributed by atoms with Gasteiger partial charge < -0.3 is 20.7 Å². The highest BCUT2D eigenvalue weighted by atomic mass is 35.5. The fraction of sp³-hybridized carbons (Fsp3) is 0.364. The Balaban J connectivity index is 1.71. The number of carbonyl (C=O) groups excluding carboxylic acids is 2. The van der Waals surface area contributed by atoms with Crippen molar-refractivity contribution < 1.29 is 14.3 Å². The Labute approximate surface area is 186 Å². The summed E-state index contributed by atoms with van der Waals surface area (Å²) >= 11 is 12.0. The van der Waals surface area contributed by atoms with E-state index in [9.17, 15) is 9.59 Å². The summed E-state index contributed by atoms with van der Waals surface area (Å²) in [6.45, 7) is 3.98. The number of amides is 2. The van der Waals surface area contributed by atoms with Gasteiger partial charge in [-0.3, -0.25) is 9.59 Å². The van der Waals surface area contributed by atoms with Crippen LogP contribution in [0.3, 0.4) is 0 Å². The number of rotatable bonds is 7. The molecule has 0 radical (unpaired) electrons. The second kappa shape index (κ2) is 10.2. The van der Waals surface area contributed by atoms with E-state index in [0.717, 1.165) is 5.56 Å². The SMILES string of the molecule is CCOc1cc(CNC(=O)C2(NC(=O)c3ccc(Cl)cc3)CCNCC2)ccc1Cl. The van der Waals surface area contributed by atoms with Gasteiger partial charge in [-0.2, -0.15) is 0 Å². The van der Waals surface area contributed by atoms with Crippen LogP contribution in [-0.2, 0) is 11.3 Å². The number of piperidine rings is 1. The first-order valence-corrected chi connectivity index (χ1v) is 10.7. The first-order chi connectivity index (χ1) is 14.4. The molecule has 6 nitrogen and oxygen atoms in total. The number of carbonyl (C=O) groups is 2. The Bertz CT molecular complexity index is 897. The monoisotopic (exact) mass is 449 g/mol. The lowest BCUT2D eigenvalue weighted by molar-refractivity contribution is -0.128. The molecule has 0 unspecified atom stereocenters. The van der Waals surface area contributed by atoms with Crippen molar-refractivity contribution in [1.29, 1.82) is 0 Å². The highest BCUT2D eigenvalue weighted by Gasteiger charge is 2.40. The molecule has 0 aromatic heterocycles. The van der Waals surface area contributed by atoms with Gasteiger partial charge in [-0.15, -0.1) is 0 Å². The Morgan fingerprint density at radius 1 is 1.10 bits per heavy atom. The van der Waals surface area contributed by atoms with Crippen molar-refractivity contribution in [1.82, 2.24) is 16.0 Å². The quantitative estimate of drug-likeness (QED) is 0.603. The van der Waals surface area contributed by atoms with Gasteiger partial charge in [-0.25, -0.2) is 0 Å². The number of nitrogens with one attached hydrogen (secondary N) is 3. The van der Waals surface area contributed by atoms with Crippen molar-refractivity contribution in [3.63, 3.8) is 0 Å². The molecule has 2 aromatic carbocycles. The predicted octanol–water partition coefficient (Wildman–Crippen LogP) is 3.56. The second-order valence-corrected chi connectivity index (χ2v) is 8.02. The zero-order chi connectivity index (χ0) is 21.6. The number of benzene rings is 2. The summed E-state index contributed by atoms with van der Waals surface area (Å²) in [6.07, 6.45) is 1.01. The van der Waals surface area contributed by atoms with E-state index in [4.69, 9.17) is 27.9 Å². The van der Waals surface area contributed by atoms with Crippen LogP contribution in [0.4, 0.5) is 0 Å². The van der Waals surface area contributed by atoms with Crippen molar-refractivity contribution in [2.45, 2.75) is 31.8 Å². The molecule has 1 aliphatic heterocycles. The van der Waals surface area contributed by atoms with Gasteiger partial charge >= 0.3 is 0 Å². The molecule has 2 amide bonds. The molecule has 3 N–H and O–H groups in total. The molecule has 160 valence electrons. The standard InChI is InChI=1S/C22H25Cl2N3O3/c1-2-30-19-13-15(3-8-18(19)24)14-26-21(29)22(9-11-25-12-10-22)27-20(28)16-4-6-17(23)7-5-16/h3-8,13,25H,2,9-12,14H2,1H3,(H,26,29)(H,27,28). The van der Waals surface area contributed by atoms with Gasteiger partial charge in [0.05, 0.1) is 11.6 Å². The average Bonchev–Trinajstić information content (AvgIpc) is 2.75. The van der Waals surface area contributed by atoms with Crippen LogP contribution in [0, 0.1) is 0 Å². The van der Waals surface area contributed by atoms with E-state index in [-0.39, 0.29) is 11.8 Å². The normalized spacial score (nSPS) is 15.3. The lowest BCUT2D eigenvalue weighted by atomic mass is 9.86. The van der Waals surface area contributed by atoms with E-state index < -0.39 is 5.54 Å². The summed E-state index contributed by atoms with van der Waals surface area (Å²) in [7, 11) is 0. The summed E-state index contributed by atoms with van der Waals surface area (Å²) in [5, 5.41) is 10.2. The zero-order valence-corrected chi connectivity index (χ0v) is 18.3. The summed E-state index contributed by atoms with van der Waals surface area (Å²) in [4.78, 5) is 25.9. The molecule has 2 aromatic rings. The van der Waals surface area contributed by atoms with Gasteiger partial charge in [0.1, 0.15) is 11.3 Å². The molecule has 1 heterocycles. The molecule has 30 heavy (non-hydrogen) atoms. The van der Waals surface area contributed by atoms with Crippen LogP contribution in [0.2, 0.25) is 10.0 Å². The number of halogens is 2. The van der Waals surface area contributed by atoms with Crippen LogP contribution in [0.5, 0.6) is 5.75 Å². The van der Waals surface area contributed by atoms with Crippen LogP contribution in [-0.4, -0.2) is 37.0 Å².